The number of aliphatic hydroxyl groups is 3. The van der Waals surface area contributed by atoms with E-state index in [0.29, 0.717) is 17.7 Å². The maximum Gasteiger partial charge on any atom is 0.416 e. The molecule has 4 rings (SSSR count). The highest BCUT2D eigenvalue weighted by Gasteiger charge is 2.56. The van der Waals surface area contributed by atoms with Crippen molar-refractivity contribution < 1.29 is 51.3 Å². The maximum atomic E-state index is 14.1. The molecule has 2 fully saturated rings. The van der Waals surface area contributed by atoms with Crippen LogP contribution in [0.4, 0.5) is 31.1 Å². The fourth-order valence-corrected chi connectivity index (χ4v) is 6.60. The molecule has 0 aromatic heterocycles. The number of aryl methyl sites for hydroxylation is 1. The van der Waals surface area contributed by atoms with Crippen molar-refractivity contribution in [2.24, 2.45) is 5.41 Å². The number of amides is 3. The fraction of sp³-hybridized carbons (Fsp3) is 0.533. The van der Waals surface area contributed by atoms with Crippen LogP contribution in [0.5, 0.6) is 0 Å². The third-order valence-electron chi connectivity index (χ3n) is 8.87. The molecule has 0 saturated carbocycles. The Morgan fingerprint density at radius 1 is 0.977 bits per heavy atom. The number of hydrogen-bond donors (Lipinski definition) is 3. The van der Waals surface area contributed by atoms with Crippen LogP contribution in [-0.4, -0.2) is 88.0 Å². The molecule has 0 spiro atoms. The van der Waals surface area contributed by atoms with Crippen LogP contribution in [0, 0.1) is 12.3 Å². The van der Waals surface area contributed by atoms with Crippen LogP contribution in [-0.2, 0) is 17.1 Å². The van der Waals surface area contributed by atoms with Gasteiger partial charge in [0, 0.05) is 33.4 Å². The highest BCUT2D eigenvalue weighted by molar-refractivity contribution is 5.86. The fourth-order valence-electron chi connectivity index (χ4n) is 6.60. The van der Waals surface area contributed by atoms with E-state index in [-0.39, 0.29) is 57.5 Å². The highest BCUT2D eigenvalue weighted by atomic mass is 19.4. The van der Waals surface area contributed by atoms with Crippen molar-refractivity contribution in [2.75, 3.05) is 40.0 Å². The lowest BCUT2D eigenvalue weighted by molar-refractivity contribution is -0.143. The number of nitrogens with zero attached hydrogens (tertiary/aromatic N) is 3. The number of rotatable bonds is 8. The average molecular weight is 632 g/mol. The standard InChI is InChI=1S/C30H35F6N3O5/c1-18-5-3-4-6-22(18)25-23-16-28(7-11-40,8-12-41)26(43)38(23)9-10-39(25)27(44)37(2)24(17-42)19-13-20(29(31,32)33)15-21(14-19)30(34,35)36/h3-6,13-15,23-25,40-42H,7-12,16-17H2,1-2H3/t23-,24-,25?/m0/s1. The SMILES string of the molecule is Cc1ccccc1C1[C@@H]2CC(CCO)(CCO)C(=O)N2CCN1C(=O)N(C)[C@@H](CO)c1cc(C(F)(F)F)cc(C(F)(F)F)c1. The first-order valence-corrected chi connectivity index (χ1v) is 14.1. The Balaban J connectivity index is 1.77. The summed E-state index contributed by atoms with van der Waals surface area (Å²) in [6.45, 7) is 0.296. The van der Waals surface area contributed by atoms with Gasteiger partial charge >= 0.3 is 18.4 Å². The first kappa shape index (κ1) is 33.5. The molecule has 2 aliphatic heterocycles. The minimum absolute atomic E-state index is 0.0185. The largest absolute Gasteiger partial charge is 0.416 e. The quantitative estimate of drug-likeness (QED) is 0.372. The first-order valence-electron chi connectivity index (χ1n) is 14.1. The van der Waals surface area contributed by atoms with E-state index in [0.717, 1.165) is 10.5 Å². The highest BCUT2D eigenvalue weighted by Crippen LogP contribution is 2.49. The first-order chi connectivity index (χ1) is 20.6. The normalized spacial score (nSPS) is 20.9. The van der Waals surface area contributed by atoms with Gasteiger partial charge in [-0.15, -0.1) is 0 Å². The van der Waals surface area contributed by atoms with Gasteiger partial charge in [0.1, 0.15) is 0 Å². The number of aliphatic hydroxyl groups excluding tert-OH is 3. The molecule has 0 radical (unpaired) electrons. The third-order valence-corrected chi connectivity index (χ3v) is 8.87. The van der Waals surface area contributed by atoms with E-state index in [1.54, 1.807) is 23.1 Å². The zero-order valence-electron chi connectivity index (χ0n) is 24.2. The third kappa shape index (κ3) is 6.24. The predicted octanol–water partition coefficient (Wildman–Crippen LogP) is 4.53. The van der Waals surface area contributed by atoms with Gasteiger partial charge < -0.3 is 30.0 Å². The van der Waals surface area contributed by atoms with Gasteiger partial charge in [0.15, 0.2) is 0 Å². The molecule has 242 valence electrons. The van der Waals surface area contributed by atoms with Gasteiger partial charge in [0.05, 0.1) is 41.3 Å². The lowest BCUT2D eigenvalue weighted by Crippen LogP contribution is -2.58. The molecule has 3 atom stereocenters. The molecule has 2 saturated heterocycles. The van der Waals surface area contributed by atoms with Crippen molar-refractivity contribution in [3.8, 4) is 0 Å². The average Bonchev–Trinajstić information content (AvgIpc) is 3.23. The minimum atomic E-state index is -5.12. The van der Waals surface area contributed by atoms with Crippen LogP contribution in [0.25, 0.3) is 0 Å². The summed E-state index contributed by atoms with van der Waals surface area (Å²) in [7, 11) is 1.19. The summed E-state index contributed by atoms with van der Waals surface area (Å²) in [6.07, 6.45) is -9.84. The van der Waals surface area contributed by atoms with Crippen molar-refractivity contribution in [3.05, 3.63) is 70.3 Å². The number of fused-ring (bicyclic) bond motifs is 1. The molecular formula is C30H35F6N3O5. The Kier molecular flexibility index (Phi) is 9.57. The van der Waals surface area contributed by atoms with Crippen LogP contribution < -0.4 is 0 Å². The van der Waals surface area contributed by atoms with Crippen molar-refractivity contribution in [2.45, 2.75) is 56.7 Å². The lowest BCUT2D eigenvalue weighted by atomic mass is 9.77. The number of piperazine rings is 1. The van der Waals surface area contributed by atoms with Gasteiger partial charge in [-0.05, 0) is 61.1 Å². The Bertz CT molecular complexity index is 1330. The maximum absolute atomic E-state index is 14.1. The molecule has 0 aliphatic carbocycles. The molecule has 8 nitrogen and oxygen atoms in total. The number of hydrogen-bond acceptors (Lipinski definition) is 5. The summed E-state index contributed by atoms with van der Waals surface area (Å²) in [5.74, 6) is -0.262. The van der Waals surface area contributed by atoms with E-state index in [4.69, 9.17) is 0 Å². The van der Waals surface area contributed by atoms with Crippen LogP contribution >= 0.6 is 0 Å². The number of likely N-dealkylation sites (N-methyl/N-ethyl adjacent to an activating group) is 1. The lowest BCUT2D eigenvalue weighted by Gasteiger charge is -2.47. The summed E-state index contributed by atoms with van der Waals surface area (Å²) in [5, 5.41) is 29.7. The molecule has 2 aromatic rings. The van der Waals surface area contributed by atoms with Gasteiger partial charge in [-0.2, -0.15) is 26.3 Å². The second-order valence-electron chi connectivity index (χ2n) is 11.4. The molecule has 3 N–H and O–H groups in total. The smallest absolute Gasteiger partial charge is 0.396 e. The summed E-state index contributed by atoms with van der Waals surface area (Å²) in [5.41, 5.74) is -3.29. The van der Waals surface area contributed by atoms with Crippen LogP contribution in [0.1, 0.15) is 59.2 Å². The molecule has 2 aliphatic rings. The number of carbonyl (C=O) groups excluding carboxylic acids is 2. The summed E-state index contributed by atoms with van der Waals surface area (Å²) in [6, 6.07) is 4.39. The van der Waals surface area contributed by atoms with Crippen molar-refractivity contribution >= 4 is 11.9 Å². The summed E-state index contributed by atoms with van der Waals surface area (Å²) >= 11 is 0. The number of halogens is 6. The van der Waals surface area contributed by atoms with Crippen LogP contribution in [0.2, 0.25) is 0 Å². The molecule has 3 amide bonds. The zero-order chi connectivity index (χ0) is 32.6. The number of alkyl halides is 6. The molecule has 2 heterocycles. The number of benzene rings is 2. The second-order valence-corrected chi connectivity index (χ2v) is 11.4. The van der Waals surface area contributed by atoms with Crippen molar-refractivity contribution in [3.63, 3.8) is 0 Å². The van der Waals surface area contributed by atoms with Gasteiger partial charge in [0.2, 0.25) is 5.91 Å². The van der Waals surface area contributed by atoms with E-state index >= 15 is 0 Å². The van der Waals surface area contributed by atoms with Crippen LogP contribution in [0.3, 0.4) is 0 Å². The molecular weight excluding hydrogens is 596 g/mol. The Hall–Kier alpha value is -3.36. The summed E-state index contributed by atoms with van der Waals surface area (Å²) < 4.78 is 81.5. The van der Waals surface area contributed by atoms with Gasteiger partial charge in [0.25, 0.3) is 0 Å². The molecule has 2 aromatic carbocycles. The zero-order valence-corrected chi connectivity index (χ0v) is 24.2. The van der Waals surface area contributed by atoms with Gasteiger partial charge in [-0.25, -0.2) is 4.79 Å². The Labute approximate surface area is 250 Å². The Morgan fingerprint density at radius 3 is 2.05 bits per heavy atom. The van der Waals surface area contributed by atoms with Gasteiger partial charge in [-0.3, -0.25) is 4.79 Å². The summed E-state index contributed by atoms with van der Waals surface area (Å²) in [4.78, 5) is 31.7. The topological polar surface area (TPSA) is 105 Å². The van der Waals surface area contributed by atoms with Crippen LogP contribution in [0.15, 0.2) is 42.5 Å². The molecule has 44 heavy (non-hydrogen) atoms. The minimum Gasteiger partial charge on any atom is -0.396 e. The van der Waals surface area contributed by atoms with E-state index in [2.05, 4.69) is 0 Å². The Morgan fingerprint density at radius 2 is 1.55 bits per heavy atom. The molecule has 14 heteroatoms. The molecule has 1 unspecified atom stereocenters. The predicted molar refractivity (Wildman–Crippen MR) is 146 cm³/mol. The number of urea groups is 1. The van der Waals surface area contributed by atoms with E-state index in [1.165, 1.54) is 11.9 Å². The van der Waals surface area contributed by atoms with Crippen molar-refractivity contribution in [1.82, 2.24) is 14.7 Å². The van der Waals surface area contributed by atoms with Gasteiger partial charge in [-0.1, -0.05) is 24.3 Å². The molecule has 0 bridgehead atoms. The number of carbonyl (C=O) groups is 2. The van der Waals surface area contributed by atoms with E-state index < -0.39 is 65.2 Å². The second kappa shape index (κ2) is 12.6. The van der Waals surface area contributed by atoms with E-state index in [1.807, 2.05) is 13.0 Å². The van der Waals surface area contributed by atoms with E-state index in [9.17, 15) is 51.3 Å². The monoisotopic (exact) mass is 631 g/mol. The van der Waals surface area contributed by atoms with Crippen molar-refractivity contribution in [1.29, 1.82) is 0 Å².